The zero-order chi connectivity index (χ0) is 19.6. The lowest BCUT2D eigenvalue weighted by molar-refractivity contribution is -0.118. The maximum atomic E-state index is 11.7. The number of H-pyrrole nitrogens is 1. The Kier molecular flexibility index (Phi) is 7.25. The van der Waals surface area contributed by atoms with E-state index >= 15 is 0 Å². The van der Waals surface area contributed by atoms with Gasteiger partial charge in [-0.05, 0) is 19.1 Å². The molecule has 1 amide bonds. The summed E-state index contributed by atoms with van der Waals surface area (Å²) in [5, 5.41) is 12.9. The standard InChI is InChI=1S/C14H13N7O5S/c1-2-26-13(24)8-3-4-9(15-5-8)6-16-18-10(22)7-27-12-11(23)17-14(21-25)20-19-12/h3-6H,2,7H2,1H3,(H,18,22)(H,17,20,23)/b16-6+. The zero-order valence-corrected chi connectivity index (χ0v) is 14.7. The molecule has 0 spiro atoms. The van der Waals surface area contributed by atoms with Crippen molar-refractivity contribution in [2.45, 2.75) is 11.9 Å². The second-order valence-corrected chi connectivity index (χ2v) is 5.61. The van der Waals surface area contributed by atoms with E-state index in [1.54, 1.807) is 6.92 Å². The van der Waals surface area contributed by atoms with E-state index in [1.165, 1.54) is 24.5 Å². The van der Waals surface area contributed by atoms with Crippen LogP contribution in [0.1, 0.15) is 23.0 Å². The van der Waals surface area contributed by atoms with Crippen LogP contribution >= 0.6 is 11.8 Å². The average Bonchev–Trinajstić information content (AvgIpc) is 2.67. The first-order chi connectivity index (χ1) is 13.0. The normalized spacial score (nSPS) is 10.6. The van der Waals surface area contributed by atoms with Gasteiger partial charge in [0.2, 0.25) is 5.91 Å². The van der Waals surface area contributed by atoms with E-state index < -0.39 is 23.4 Å². The van der Waals surface area contributed by atoms with Gasteiger partial charge >= 0.3 is 5.97 Å². The van der Waals surface area contributed by atoms with E-state index in [1.807, 2.05) is 0 Å². The van der Waals surface area contributed by atoms with E-state index in [0.29, 0.717) is 11.3 Å². The highest BCUT2D eigenvalue weighted by atomic mass is 32.2. The minimum absolute atomic E-state index is 0.0854. The number of pyridine rings is 1. The highest BCUT2D eigenvalue weighted by molar-refractivity contribution is 7.99. The molecule has 0 aliphatic carbocycles. The molecule has 13 heteroatoms. The Morgan fingerprint density at radius 1 is 1.37 bits per heavy atom. The van der Waals surface area contributed by atoms with Crippen LogP contribution in [-0.2, 0) is 9.53 Å². The van der Waals surface area contributed by atoms with Crippen molar-refractivity contribution < 1.29 is 14.3 Å². The molecule has 0 bridgehead atoms. The van der Waals surface area contributed by atoms with Gasteiger partial charge in [0.1, 0.15) is 0 Å². The first-order valence-corrected chi connectivity index (χ1v) is 8.40. The highest BCUT2D eigenvalue weighted by Crippen LogP contribution is 2.09. The Morgan fingerprint density at radius 3 is 2.81 bits per heavy atom. The maximum Gasteiger partial charge on any atom is 0.339 e. The minimum Gasteiger partial charge on any atom is -0.462 e. The lowest BCUT2D eigenvalue weighted by Crippen LogP contribution is -2.21. The predicted molar refractivity (Wildman–Crippen MR) is 94.8 cm³/mol. The fourth-order valence-corrected chi connectivity index (χ4v) is 2.22. The van der Waals surface area contributed by atoms with Gasteiger partial charge in [0.15, 0.2) is 5.03 Å². The van der Waals surface area contributed by atoms with Gasteiger partial charge < -0.3 is 4.74 Å². The lowest BCUT2D eigenvalue weighted by Gasteiger charge is -2.01. The molecule has 0 fully saturated rings. The second-order valence-electron chi connectivity index (χ2n) is 4.65. The van der Waals surface area contributed by atoms with Gasteiger partial charge in [-0.2, -0.15) is 5.10 Å². The molecule has 0 aliphatic rings. The smallest absolute Gasteiger partial charge is 0.339 e. The summed E-state index contributed by atoms with van der Waals surface area (Å²) in [4.78, 5) is 51.1. The van der Waals surface area contributed by atoms with Crippen LogP contribution in [0.5, 0.6) is 0 Å². The van der Waals surface area contributed by atoms with E-state index in [2.05, 4.69) is 35.9 Å². The number of aromatic nitrogens is 4. The molecule has 0 atom stereocenters. The van der Waals surface area contributed by atoms with Crippen LogP contribution in [0.2, 0.25) is 0 Å². The van der Waals surface area contributed by atoms with Gasteiger partial charge in [0.05, 0.1) is 29.8 Å². The highest BCUT2D eigenvalue weighted by Gasteiger charge is 2.09. The molecule has 0 unspecified atom stereocenters. The third-order valence-corrected chi connectivity index (χ3v) is 3.71. The van der Waals surface area contributed by atoms with Crippen LogP contribution in [0.3, 0.4) is 0 Å². The molecule has 0 aliphatic heterocycles. The number of ether oxygens (including phenoxy) is 1. The minimum atomic E-state index is -0.674. The van der Waals surface area contributed by atoms with Crippen LogP contribution < -0.4 is 11.0 Å². The number of esters is 1. The number of hydrogen-bond acceptors (Lipinski definition) is 11. The van der Waals surface area contributed by atoms with Crippen molar-refractivity contribution in [3.8, 4) is 0 Å². The number of carbonyl (C=O) groups is 2. The quantitative estimate of drug-likeness (QED) is 0.212. The van der Waals surface area contributed by atoms with Gasteiger partial charge in [0.25, 0.3) is 11.5 Å². The molecule has 2 N–H and O–H groups in total. The van der Waals surface area contributed by atoms with E-state index in [0.717, 1.165) is 11.8 Å². The van der Waals surface area contributed by atoms with Crippen molar-refractivity contribution in [3.05, 3.63) is 44.8 Å². The number of thioether (sulfide) groups is 1. The SMILES string of the molecule is CCOC(=O)c1ccc(/C=N/NC(=O)CSc2nnc(N=O)[nH]c2=O)nc1. The summed E-state index contributed by atoms with van der Waals surface area (Å²) >= 11 is 0.816. The molecule has 0 saturated carbocycles. The van der Waals surface area contributed by atoms with Gasteiger partial charge in [-0.3, -0.25) is 19.6 Å². The number of carbonyl (C=O) groups excluding carboxylic acids is 2. The summed E-state index contributed by atoms with van der Waals surface area (Å²) in [6, 6.07) is 3.06. The zero-order valence-electron chi connectivity index (χ0n) is 13.9. The van der Waals surface area contributed by atoms with Gasteiger partial charge in [-0.15, -0.1) is 15.1 Å². The summed E-state index contributed by atoms with van der Waals surface area (Å²) in [7, 11) is 0. The molecular weight excluding hydrogens is 378 g/mol. The van der Waals surface area contributed by atoms with Crippen molar-refractivity contribution in [1.82, 2.24) is 25.6 Å². The largest absolute Gasteiger partial charge is 0.462 e. The number of rotatable bonds is 8. The molecule has 12 nitrogen and oxygen atoms in total. The summed E-state index contributed by atoms with van der Waals surface area (Å²) in [6.07, 6.45) is 2.62. The molecule has 27 heavy (non-hydrogen) atoms. The Hall–Kier alpha value is -3.48. The number of aromatic amines is 1. The molecule has 2 rings (SSSR count). The Balaban J connectivity index is 1.83. The lowest BCUT2D eigenvalue weighted by atomic mass is 10.2. The summed E-state index contributed by atoms with van der Waals surface area (Å²) in [5.41, 5.74) is 2.29. The van der Waals surface area contributed by atoms with Gasteiger partial charge in [0, 0.05) is 11.4 Å². The third-order valence-electron chi connectivity index (χ3n) is 2.77. The first-order valence-electron chi connectivity index (χ1n) is 7.41. The number of nitroso groups, excluding NO2 is 1. The predicted octanol–water partition coefficient (Wildman–Crippen LogP) is 0.377. The number of nitrogens with one attached hydrogen (secondary N) is 2. The van der Waals surface area contributed by atoms with E-state index in [4.69, 9.17) is 4.74 Å². The number of amides is 1. The molecule has 2 heterocycles. The monoisotopic (exact) mass is 391 g/mol. The Labute approximate surface area is 155 Å². The summed E-state index contributed by atoms with van der Waals surface area (Å²) in [5.74, 6) is -1.58. The summed E-state index contributed by atoms with van der Waals surface area (Å²) < 4.78 is 4.84. The van der Waals surface area contributed by atoms with Gasteiger partial charge in [-0.25, -0.2) is 10.2 Å². The summed E-state index contributed by atoms with van der Waals surface area (Å²) in [6.45, 7) is 1.97. The number of hydrazone groups is 1. The molecule has 0 saturated heterocycles. The van der Waals surface area contributed by atoms with Crippen molar-refractivity contribution in [3.63, 3.8) is 0 Å². The second kappa shape index (κ2) is 9.86. The molecule has 0 radical (unpaired) electrons. The van der Waals surface area contributed by atoms with Gasteiger partial charge in [-0.1, -0.05) is 11.8 Å². The van der Waals surface area contributed by atoms with Crippen LogP contribution in [0.25, 0.3) is 0 Å². The van der Waals surface area contributed by atoms with Crippen LogP contribution in [0, 0.1) is 4.91 Å². The van der Waals surface area contributed by atoms with Crippen molar-refractivity contribution in [2.24, 2.45) is 10.3 Å². The number of nitrogens with zero attached hydrogens (tertiary/aromatic N) is 5. The number of hydrogen-bond donors (Lipinski definition) is 2. The maximum absolute atomic E-state index is 11.7. The fourth-order valence-electron chi connectivity index (χ4n) is 1.61. The Morgan fingerprint density at radius 2 is 2.19 bits per heavy atom. The molecule has 2 aromatic heterocycles. The average molecular weight is 391 g/mol. The van der Waals surface area contributed by atoms with Crippen LogP contribution in [0.4, 0.5) is 5.95 Å². The molecular formula is C14H13N7O5S. The van der Waals surface area contributed by atoms with Crippen LogP contribution in [-0.4, -0.2) is 50.6 Å². The van der Waals surface area contributed by atoms with Crippen molar-refractivity contribution in [1.29, 1.82) is 0 Å². The third kappa shape index (κ3) is 6.07. The molecule has 2 aromatic rings. The molecule has 0 aromatic carbocycles. The topological polar surface area (TPSA) is 169 Å². The van der Waals surface area contributed by atoms with E-state index in [9.17, 15) is 19.3 Å². The fraction of sp³-hybridized carbons (Fsp3) is 0.214. The van der Waals surface area contributed by atoms with Crippen LogP contribution in [0.15, 0.2) is 38.4 Å². The Bertz CT molecular complexity index is 913. The van der Waals surface area contributed by atoms with Crippen molar-refractivity contribution in [2.75, 3.05) is 12.4 Å². The van der Waals surface area contributed by atoms with E-state index in [-0.39, 0.29) is 17.4 Å². The molecule has 140 valence electrons. The van der Waals surface area contributed by atoms with Crippen molar-refractivity contribution >= 4 is 35.8 Å². The first kappa shape index (κ1) is 19.8.